The Hall–Kier alpha value is -1.06. The molecule has 0 bridgehead atoms. The van der Waals surface area contributed by atoms with Gasteiger partial charge in [0.05, 0.1) is 19.3 Å². The molecule has 2 rings (SSSR count). The van der Waals surface area contributed by atoms with Gasteiger partial charge in [-0.15, -0.1) is 0 Å². The van der Waals surface area contributed by atoms with Crippen LogP contribution in [0, 0.1) is 0 Å². The maximum Gasteiger partial charge on any atom is 0.119 e. The Morgan fingerprint density at radius 3 is 2.94 bits per heavy atom. The van der Waals surface area contributed by atoms with Gasteiger partial charge in [0, 0.05) is 0 Å². The third-order valence-electron chi connectivity index (χ3n) is 3.39. The molecule has 1 fully saturated rings. The number of ether oxygens (including phenoxy) is 1. The van der Waals surface area contributed by atoms with Crippen molar-refractivity contribution in [1.82, 2.24) is 5.32 Å². The zero-order valence-electron chi connectivity index (χ0n) is 9.70. The molecular weight excluding hydrogens is 202 g/mol. The molecular formula is C13H19NO2. The molecule has 0 amide bonds. The summed E-state index contributed by atoms with van der Waals surface area (Å²) >= 11 is 0. The molecule has 1 aliphatic heterocycles. The Morgan fingerprint density at radius 2 is 2.31 bits per heavy atom. The summed E-state index contributed by atoms with van der Waals surface area (Å²) in [6, 6.07) is 7.96. The van der Waals surface area contributed by atoms with Gasteiger partial charge in [-0.1, -0.05) is 12.1 Å². The molecule has 16 heavy (non-hydrogen) atoms. The first-order valence-electron chi connectivity index (χ1n) is 5.81. The largest absolute Gasteiger partial charge is 0.497 e. The summed E-state index contributed by atoms with van der Waals surface area (Å²) < 4.78 is 5.23. The van der Waals surface area contributed by atoms with E-state index in [9.17, 15) is 5.11 Å². The van der Waals surface area contributed by atoms with Crippen LogP contribution >= 0.6 is 0 Å². The van der Waals surface area contributed by atoms with Crippen molar-refractivity contribution in [3.63, 3.8) is 0 Å². The van der Waals surface area contributed by atoms with E-state index in [4.69, 9.17) is 4.74 Å². The molecule has 1 unspecified atom stereocenters. The molecule has 0 saturated carbocycles. The van der Waals surface area contributed by atoms with Gasteiger partial charge < -0.3 is 15.2 Å². The Balaban J connectivity index is 2.31. The highest BCUT2D eigenvalue weighted by molar-refractivity contribution is 5.34. The van der Waals surface area contributed by atoms with Crippen LogP contribution in [0.5, 0.6) is 5.75 Å². The lowest BCUT2D eigenvalue weighted by Crippen LogP contribution is -2.48. The van der Waals surface area contributed by atoms with E-state index in [1.54, 1.807) is 7.11 Å². The average molecular weight is 221 g/mol. The summed E-state index contributed by atoms with van der Waals surface area (Å²) in [5.74, 6) is 0.845. The van der Waals surface area contributed by atoms with Crippen molar-refractivity contribution >= 4 is 0 Å². The zero-order valence-corrected chi connectivity index (χ0v) is 9.70. The van der Waals surface area contributed by atoms with Crippen molar-refractivity contribution in [2.45, 2.75) is 24.8 Å². The van der Waals surface area contributed by atoms with E-state index in [0.29, 0.717) is 0 Å². The van der Waals surface area contributed by atoms with Crippen LogP contribution in [0.1, 0.15) is 24.8 Å². The maximum absolute atomic E-state index is 9.66. The molecule has 0 aliphatic carbocycles. The molecule has 1 saturated heterocycles. The quantitative estimate of drug-likeness (QED) is 0.815. The van der Waals surface area contributed by atoms with E-state index in [0.717, 1.165) is 30.7 Å². The summed E-state index contributed by atoms with van der Waals surface area (Å²) in [6.45, 7) is 1.11. The number of aliphatic hydroxyl groups excluding tert-OH is 1. The van der Waals surface area contributed by atoms with Crippen LogP contribution in [-0.4, -0.2) is 25.4 Å². The van der Waals surface area contributed by atoms with Crippen molar-refractivity contribution < 1.29 is 9.84 Å². The van der Waals surface area contributed by atoms with Gasteiger partial charge in [-0.3, -0.25) is 0 Å². The fourth-order valence-electron chi connectivity index (χ4n) is 2.36. The predicted octanol–water partition coefficient (Wildman–Crippen LogP) is 1.66. The minimum Gasteiger partial charge on any atom is -0.497 e. The second-order valence-corrected chi connectivity index (χ2v) is 4.36. The Morgan fingerprint density at radius 1 is 1.44 bits per heavy atom. The number of nitrogens with one attached hydrogen (secondary N) is 1. The first-order chi connectivity index (χ1) is 7.80. The first-order valence-corrected chi connectivity index (χ1v) is 5.81. The SMILES string of the molecule is COc1cccc(C2(CO)CCCCN2)c1. The predicted molar refractivity (Wildman–Crippen MR) is 63.6 cm³/mol. The van der Waals surface area contributed by atoms with Crippen LogP contribution in [-0.2, 0) is 5.54 Å². The van der Waals surface area contributed by atoms with Gasteiger partial charge in [-0.05, 0) is 43.5 Å². The molecule has 1 aliphatic rings. The monoisotopic (exact) mass is 221 g/mol. The highest BCUT2D eigenvalue weighted by Gasteiger charge is 2.32. The van der Waals surface area contributed by atoms with Crippen LogP contribution in [0.4, 0.5) is 0 Å². The van der Waals surface area contributed by atoms with Gasteiger partial charge >= 0.3 is 0 Å². The lowest BCUT2D eigenvalue weighted by Gasteiger charge is -2.37. The highest BCUT2D eigenvalue weighted by atomic mass is 16.5. The Bertz CT molecular complexity index is 346. The van der Waals surface area contributed by atoms with Gasteiger partial charge in [0.25, 0.3) is 0 Å². The minimum atomic E-state index is -0.271. The van der Waals surface area contributed by atoms with E-state index in [1.807, 2.05) is 18.2 Å². The molecule has 0 spiro atoms. The molecule has 3 nitrogen and oxygen atoms in total. The molecule has 88 valence electrons. The van der Waals surface area contributed by atoms with Gasteiger partial charge in [0.15, 0.2) is 0 Å². The average Bonchev–Trinajstić information content (AvgIpc) is 2.39. The third kappa shape index (κ3) is 2.06. The molecule has 0 radical (unpaired) electrons. The highest BCUT2D eigenvalue weighted by Crippen LogP contribution is 2.31. The second-order valence-electron chi connectivity index (χ2n) is 4.36. The van der Waals surface area contributed by atoms with Crippen molar-refractivity contribution in [2.24, 2.45) is 0 Å². The van der Waals surface area contributed by atoms with E-state index < -0.39 is 0 Å². The summed E-state index contributed by atoms with van der Waals surface area (Å²) in [5, 5.41) is 13.1. The molecule has 1 atom stereocenters. The lowest BCUT2D eigenvalue weighted by molar-refractivity contribution is 0.131. The number of methoxy groups -OCH3 is 1. The van der Waals surface area contributed by atoms with Crippen LogP contribution in [0.25, 0.3) is 0 Å². The topological polar surface area (TPSA) is 41.5 Å². The van der Waals surface area contributed by atoms with Crippen LogP contribution < -0.4 is 10.1 Å². The van der Waals surface area contributed by atoms with Crippen molar-refractivity contribution in [1.29, 1.82) is 0 Å². The maximum atomic E-state index is 9.66. The van der Waals surface area contributed by atoms with Crippen LogP contribution in [0.3, 0.4) is 0 Å². The molecule has 0 aromatic heterocycles. The van der Waals surface area contributed by atoms with Crippen molar-refractivity contribution in [3.05, 3.63) is 29.8 Å². The third-order valence-corrected chi connectivity index (χ3v) is 3.39. The normalized spacial score (nSPS) is 25.4. The number of piperidine rings is 1. The van der Waals surface area contributed by atoms with E-state index in [1.165, 1.54) is 6.42 Å². The number of hydrogen-bond acceptors (Lipinski definition) is 3. The van der Waals surface area contributed by atoms with Crippen molar-refractivity contribution in [3.8, 4) is 5.75 Å². The van der Waals surface area contributed by atoms with E-state index in [-0.39, 0.29) is 12.1 Å². The summed E-state index contributed by atoms with van der Waals surface area (Å²) in [7, 11) is 1.67. The minimum absolute atomic E-state index is 0.139. The lowest BCUT2D eigenvalue weighted by atomic mass is 9.83. The summed E-state index contributed by atoms with van der Waals surface area (Å²) in [4.78, 5) is 0. The van der Waals surface area contributed by atoms with Crippen LogP contribution in [0.2, 0.25) is 0 Å². The molecule has 1 heterocycles. The number of rotatable bonds is 3. The molecule has 1 aromatic carbocycles. The number of hydrogen-bond donors (Lipinski definition) is 2. The first kappa shape index (κ1) is 11.4. The molecule has 3 heteroatoms. The summed E-state index contributed by atoms with van der Waals surface area (Å²) in [6.07, 6.45) is 3.33. The standard InChI is InChI=1S/C13H19NO2/c1-16-12-6-4-5-11(9-12)13(10-15)7-2-3-8-14-13/h4-6,9,14-15H,2-3,7-8,10H2,1H3. The molecule has 1 aromatic rings. The summed E-state index contributed by atoms with van der Waals surface area (Å²) in [5.41, 5.74) is 0.848. The zero-order chi connectivity index (χ0) is 11.4. The number of aliphatic hydroxyl groups is 1. The fraction of sp³-hybridized carbons (Fsp3) is 0.538. The second kappa shape index (κ2) is 4.85. The number of benzene rings is 1. The van der Waals surface area contributed by atoms with Crippen LogP contribution in [0.15, 0.2) is 24.3 Å². The van der Waals surface area contributed by atoms with E-state index in [2.05, 4.69) is 11.4 Å². The van der Waals surface area contributed by atoms with E-state index >= 15 is 0 Å². The Kier molecular flexibility index (Phi) is 3.46. The van der Waals surface area contributed by atoms with Crippen molar-refractivity contribution in [2.75, 3.05) is 20.3 Å². The Labute approximate surface area is 96.4 Å². The van der Waals surface area contributed by atoms with Gasteiger partial charge in [0.2, 0.25) is 0 Å². The smallest absolute Gasteiger partial charge is 0.119 e. The fourth-order valence-corrected chi connectivity index (χ4v) is 2.36. The van der Waals surface area contributed by atoms with Gasteiger partial charge in [-0.25, -0.2) is 0 Å². The molecule has 2 N–H and O–H groups in total. The van der Waals surface area contributed by atoms with Gasteiger partial charge in [-0.2, -0.15) is 0 Å². The van der Waals surface area contributed by atoms with Gasteiger partial charge in [0.1, 0.15) is 5.75 Å².